The smallest absolute Gasteiger partial charge is 0.270 e. The maximum absolute atomic E-state index is 12.8. The van der Waals surface area contributed by atoms with Gasteiger partial charge in [-0.25, -0.2) is 0 Å². The third-order valence-electron chi connectivity index (χ3n) is 4.65. The van der Waals surface area contributed by atoms with E-state index in [1.54, 1.807) is 11.3 Å². The minimum absolute atomic E-state index is 0.0172. The van der Waals surface area contributed by atoms with E-state index in [1.807, 2.05) is 35.2 Å². The molecule has 4 rings (SSSR count). The number of aromatic amines is 1. The minimum Gasteiger partial charge on any atom is -0.351 e. The number of nitrogens with one attached hydrogen (secondary N) is 1. The van der Waals surface area contributed by atoms with Crippen LogP contribution in [0.2, 0.25) is 0 Å². The van der Waals surface area contributed by atoms with Crippen molar-refractivity contribution in [3.63, 3.8) is 0 Å². The average Bonchev–Trinajstić information content (AvgIpc) is 3.28. The summed E-state index contributed by atoms with van der Waals surface area (Å²) in [6.07, 6.45) is 0. The van der Waals surface area contributed by atoms with Crippen molar-refractivity contribution in [3.05, 3.63) is 41.0 Å². The molecule has 2 aromatic heterocycles. The largest absolute Gasteiger partial charge is 0.351 e. The third-order valence-corrected chi connectivity index (χ3v) is 6.06. The molecule has 0 bridgehead atoms. The predicted molar refractivity (Wildman–Crippen MR) is 105 cm³/mol. The number of hydrogen-bond acceptors (Lipinski definition) is 5. The summed E-state index contributed by atoms with van der Waals surface area (Å²) in [5, 5.41) is 11.7. The van der Waals surface area contributed by atoms with Crippen molar-refractivity contribution in [2.45, 2.75) is 26.2 Å². The van der Waals surface area contributed by atoms with Crippen LogP contribution in [0.25, 0.3) is 10.9 Å². The minimum atomic E-state index is 0.0172. The molecule has 1 saturated heterocycles. The second-order valence-electron chi connectivity index (χ2n) is 7.69. The summed E-state index contributed by atoms with van der Waals surface area (Å²) in [4.78, 5) is 20.2. The third kappa shape index (κ3) is 3.19. The normalized spacial score (nSPS) is 15.7. The maximum atomic E-state index is 12.8. The Morgan fingerprint density at radius 1 is 1.12 bits per heavy atom. The second kappa shape index (κ2) is 6.39. The first-order valence-electron chi connectivity index (χ1n) is 8.88. The summed E-state index contributed by atoms with van der Waals surface area (Å²) >= 11 is 1.65. The number of benzene rings is 1. The van der Waals surface area contributed by atoms with Crippen LogP contribution in [0.1, 0.15) is 36.3 Å². The van der Waals surface area contributed by atoms with E-state index >= 15 is 0 Å². The molecule has 1 fully saturated rings. The van der Waals surface area contributed by atoms with Gasteiger partial charge in [-0.15, -0.1) is 10.2 Å². The molecule has 0 unspecified atom stereocenters. The van der Waals surface area contributed by atoms with Gasteiger partial charge in [-0.05, 0) is 12.1 Å². The van der Waals surface area contributed by atoms with Gasteiger partial charge in [0.25, 0.3) is 5.91 Å². The molecule has 1 aliphatic heterocycles. The highest BCUT2D eigenvalue weighted by atomic mass is 32.1. The summed E-state index contributed by atoms with van der Waals surface area (Å²) in [5.74, 6) is 0.0634. The zero-order valence-corrected chi connectivity index (χ0v) is 16.1. The number of amides is 1. The molecular formula is C19H23N5OS. The molecule has 0 atom stereocenters. The fourth-order valence-corrected chi connectivity index (χ4v) is 4.06. The topological polar surface area (TPSA) is 65.1 Å². The van der Waals surface area contributed by atoms with Crippen LogP contribution in [-0.2, 0) is 5.41 Å². The Kier molecular flexibility index (Phi) is 4.19. The number of H-pyrrole nitrogens is 1. The number of nitrogens with zero attached hydrogens (tertiary/aromatic N) is 4. The van der Waals surface area contributed by atoms with Gasteiger partial charge in [0.05, 0.1) is 0 Å². The first-order chi connectivity index (χ1) is 12.4. The van der Waals surface area contributed by atoms with E-state index in [4.69, 9.17) is 0 Å². The highest BCUT2D eigenvalue weighted by molar-refractivity contribution is 7.15. The van der Waals surface area contributed by atoms with Crippen LogP contribution in [-0.4, -0.2) is 52.2 Å². The highest BCUT2D eigenvalue weighted by Crippen LogP contribution is 2.30. The molecule has 3 heterocycles. The highest BCUT2D eigenvalue weighted by Gasteiger charge is 2.26. The van der Waals surface area contributed by atoms with Crippen molar-refractivity contribution in [1.82, 2.24) is 20.1 Å². The first-order valence-corrected chi connectivity index (χ1v) is 9.69. The molecule has 0 saturated carbocycles. The lowest BCUT2D eigenvalue weighted by molar-refractivity contribution is 0.0742. The molecule has 0 aliphatic carbocycles. The van der Waals surface area contributed by atoms with Crippen molar-refractivity contribution in [3.8, 4) is 0 Å². The van der Waals surface area contributed by atoms with Gasteiger partial charge in [-0.1, -0.05) is 50.3 Å². The lowest BCUT2D eigenvalue weighted by Crippen LogP contribution is -2.48. The van der Waals surface area contributed by atoms with E-state index in [1.165, 1.54) is 0 Å². The Morgan fingerprint density at radius 3 is 2.50 bits per heavy atom. The fraction of sp³-hybridized carbons (Fsp3) is 0.421. The van der Waals surface area contributed by atoms with Crippen molar-refractivity contribution < 1.29 is 4.79 Å². The van der Waals surface area contributed by atoms with Gasteiger partial charge in [-0.3, -0.25) is 4.79 Å². The van der Waals surface area contributed by atoms with Crippen molar-refractivity contribution in [2.24, 2.45) is 0 Å². The standard InChI is InChI=1S/C19H23N5OS/c1-19(2,3)17-21-22-18(26-17)24-10-8-23(9-11-24)16(25)15-12-13-6-4-5-7-14(13)20-15/h4-7,12,20H,8-11H2,1-3H3. The van der Waals surface area contributed by atoms with Gasteiger partial charge in [0.2, 0.25) is 5.13 Å². The van der Waals surface area contributed by atoms with Crippen LogP contribution in [0.5, 0.6) is 0 Å². The van der Waals surface area contributed by atoms with Gasteiger partial charge in [0.1, 0.15) is 10.7 Å². The van der Waals surface area contributed by atoms with Gasteiger partial charge in [-0.2, -0.15) is 0 Å². The molecule has 7 heteroatoms. The SMILES string of the molecule is CC(C)(C)c1nnc(N2CCN(C(=O)c3cc4ccccc4[nH]3)CC2)s1. The summed E-state index contributed by atoms with van der Waals surface area (Å²) in [7, 11) is 0. The lowest BCUT2D eigenvalue weighted by atomic mass is 9.98. The molecule has 0 radical (unpaired) electrons. The molecule has 26 heavy (non-hydrogen) atoms. The molecule has 1 amide bonds. The summed E-state index contributed by atoms with van der Waals surface area (Å²) < 4.78 is 0. The molecule has 1 aromatic carbocycles. The Morgan fingerprint density at radius 2 is 1.85 bits per heavy atom. The Hall–Kier alpha value is -2.41. The summed E-state index contributed by atoms with van der Waals surface area (Å²) in [5.41, 5.74) is 1.67. The zero-order valence-electron chi connectivity index (χ0n) is 15.3. The van der Waals surface area contributed by atoms with Gasteiger partial charge in [0.15, 0.2) is 0 Å². The Bertz CT molecular complexity index is 898. The van der Waals surface area contributed by atoms with E-state index in [9.17, 15) is 4.79 Å². The predicted octanol–water partition coefficient (Wildman–Crippen LogP) is 3.28. The van der Waals surface area contributed by atoms with Crippen molar-refractivity contribution in [1.29, 1.82) is 0 Å². The van der Waals surface area contributed by atoms with E-state index in [2.05, 4.69) is 40.9 Å². The first kappa shape index (κ1) is 17.0. The molecule has 136 valence electrons. The maximum Gasteiger partial charge on any atom is 0.270 e. The number of carbonyl (C=O) groups is 1. The molecule has 6 nitrogen and oxygen atoms in total. The van der Waals surface area contributed by atoms with Gasteiger partial charge >= 0.3 is 0 Å². The molecular weight excluding hydrogens is 346 g/mol. The molecule has 3 aromatic rings. The fourth-order valence-electron chi connectivity index (χ4n) is 3.11. The summed E-state index contributed by atoms with van der Waals surface area (Å²) in [6, 6.07) is 9.90. The van der Waals surface area contributed by atoms with Crippen molar-refractivity contribution in [2.75, 3.05) is 31.1 Å². The molecule has 1 aliphatic rings. The van der Waals surface area contributed by atoms with E-state index in [0.29, 0.717) is 18.8 Å². The second-order valence-corrected chi connectivity index (χ2v) is 8.65. The Labute approximate surface area is 156 Å². The zero-order chi connectivity index (χ0) is 18.3. The van der Waals surface area contributed by atoms with Crippen LogP contribution >= 0.6 is 11.3 Å². The average molecular weight is 369 g/mol. The molecule has 0 spiro atoms. The van der Waals surface area contributed by atoms with Crippen LogP contribution in [0.3, 0.4) is 0 Å². The molecule has 1 N–H and O–H groups in total. The number of fused-ring (bicyclic) bond motifs is 1. The number of para-hydroxylation sites is 1. The lowest BCUT2D eigenvalue weighted by Gasteiger charge is -2.34. The summed E-state index contributed by atoms with van der Waals surface area (Å²) in [6.45, 7) is 9.39. The number of aromatic nitrogens is 3. The van der Waals surface area contributed by atoms with E-state index in [-0.39, 0.29) is 11.3 Å². The van der Waals surface area contributed by atoms with E-state index < -0.39 is 0 Å². The van der Waals surface area contributed by atoms with E-state index in [0.717, 1.165) is 34.1 Å². The van der Waals surface area contributed by atoms with Crippen LogP contribution in [0.4, 0.5) is 5.13 Å². The Balaban J connectivity index is 1.43. The van der Waals surface area contributed by atoms with Gasteiger partial charge in [0, 0.05) is 42.5 Å². The van der Waals surface area contributed by atoms with Gasteiger partial charge < -0.3 is 14.8 Å². The number of carbonyl (C=O) groups excluding carboxylic acids is 1. The quantitative estimate of drug-likeness (QED) is 0.753. The number of piperazine rings is 1. The number of anilines is 1. The number of rotatable bonds is 2. The van der Waals surface area contributed by atoms with Crippen LogP contribution < -0.4 is 4.90 Å². The van der Waals surface area contributed by atoms with Crippen LogP contribution in [0.15, 0.2) is 30.3 Å². The van der Waals surface area contributed by atoms with Crippen molar-refractivity contribution >= 4 is 33.3 Å². The number of hydrogen-bond donors (Lipinski definition) is 1. The monoisotopic (exact) mass is 369 g/mol. The van der Waals surface area contributed by atoms with Crippen LogP contribution in [0, 0.1) is 0 Å².